The fourth-order valence-corrected chi connectivity index (χ4v) is 2.12. The van der Waals surface area contributed by atoms with Gasteiger partial charge in [-0.25, -0.2) is 0 Å². The molecule has 1 amide bonds. The molecule has 1 aromatic rings. The van der Waals surface area contributed by atoms with Crippen molar-refractivity contribution in [2.24, 2.45) is 5.92 Å². The van der Waals surface area contributed by atoms with Crippen LogP contribution in [0.1, 0.15) is 26.3 Å². The maximum absolute atomic E-state index is 12.1. The van der Waals surface area contributed by atoms with Crippen molar-refractivity contribution in [2.45, 2.75) is 33.4 Å². The van der Waals surface area contributed by atoms with Crippen molar-refractivity contribution in [1.29, 1.82) is 0 Å². The highest BCUT2D eigenvalue weighted by Gasteiger charge is 2.24. The zero-order valence-corrected chi connectivity index (χ0v) is 10.6. The van der Waals surface area contributed by atoms with Gasteiger partial charge in [0.25, 0.3) is 0 Å². The van der Waals surface area contributed by atoms with Crippen LogP contribution in [0, 0.1) is 5.92 Å². The molecule has 1 heterocycles. The van der Waals surface area contributed by atoms with Gasteiger partial charge in [0.05, 0.1) is 6.54 Å². The number of fused-ring (bicyclic) bond motifs is 1. The van der Waals surface area contributed by atoms with Gasteiger partial charge in [0.15, 0.2) is 0 Å². The average Bonchev–Trinajstić information content (AvgIpc) is 2.45. The van der Waals surface area contributed by atoms with Crippen LogP contribution in [0.2, 0.25) is 0 Å². The summed E-state index contributed by atoms with van der Waals surface area (Å²) in [6.07, 6.45) is 0.0429. The SMILES string of the molecule is CC1CN(C(=O)C(C)C)Cc2ccccc2O1. The summed E-state index contributed by atoms with van der Waals surface area (Å²) in [6, 6.07) is 7.94. The van der Waals surface area contributed by atoms with E-state index in [1.54, 1.807) is 0 Å². The second-order valence-corrected chi connectivity index (χ2v) is 4.91. The molecule has 0 aliphatic carbocycles. The number of amides is 1. The molecule has 0 fully saturated rings. The number of ether oxygens (including phenoxy) is 1. The summed E-state index contributed by atoms with van der Waals surface area (Å²) in [5, 5.41) is 0. The monoisotopic (exact) mass is 233 g/mol. The topological polar surface area (TPSA) is 29.5 Å². The fourth-order valence-electron chi connectivity index (χ4n) is 2.12. The number of carbonyl (C=O) groups excluding carboxylic acids is 1. The molecule has 0 saturated carbocycles. The molecule has 0 N–H and O–H groups in total. The molecule has 1 unspecified atom stereocenters. The summed E-state index contributed by atoms with van der Waals surface area (Å²) in [7, 11) is 0. The summed E-state index contributed by atoms with van der Waals surface area (Å²) in [5.41, 5.74) is 1.09. The highest BCUT2D eigenvalue weighted by Crippen LogP contribution is 2.25. The number of para-hydroxylation sites is 1. The summed E-state index contributed by atoms with van der Waals surface area (Å²) in [4.78, 5) is 14.0. The number of rotatable bonds is 1. The molecule has 1 atom stereocenters. The summed E-state index contributed by atoms with van der Waals surface area (Å²) >= 11 is 0. The Morgan fingerprint density at radius 2 is 2.12 bits per heavy atom. The molecule has 1 aliphatic rings. The molecule has 0 radical (unpaired) electrons. The van der Waals surface area contributed by atoms with E-state index in [1.165, 1.54) is 0 Å². The third-order valence-corrected chi connectivity index (χ3v) is 2.95. The van der Waals surface area contributed by atoms with Crippen LogP contribution in [-0.4, -0.2) is 23.5 Å². The molecule has 1 aromatic carbocycles. The van der Waals surface area contributed by atoms with Gasteiger partial charge < -0.3 is 9.64 Å². The highest BCUT2D eigenvalue weighted by molar-refractivity contribution is 5.78. The third kappa shape index (κ3) is 2.60. The van der Waals surface area contributed by atoms with Crippen LogP contribution < -0.4 is 4.74 Å². The van der Waals surface area contributed by atoms with Crippen LogP contribution in [0.15, 0.2) is 24.3 Å². The van der Waals surface area contributed by atoms with Gasteiger partial charge in [0.1, 0.15) is 11.9 Å². The minimum absolute atomic E-state index is 0.0347. The Labute approximate surface area is 102 Å². The van der Waals surface area contributed by atoms with E-state index in [0.29, 0.717) is 13.1 Å². The quantitative estimate of drug-likeness (QED) is 0.745. The van der Waals surface area contributed by atoms with Crippen molar-refractivity contribution in [3.05, 3.63) is 29.8 Å². The number of hydrogen-bond acceptors (Lipinski definition) is 2. The summed E-state index contributed by atoms with van der Waals surface area (Å²) in [5.74, 6) is 1.13. The van der Waals surface area contributed by atoms with Crippen molar-refractivity contribution >= 4 is 5.91 Å². The Morgan fingerprint density at radius 1 is 1.41 bits per heavy atom. The zero-order chi connectivity index (χ0) is 12.4. The number of nitrogens with zero attached hydrogens (tertiary/aromatic N) is 1. The van der Waals surface area contributed by atoms with E-state index in [2.05, 4.69) is 0 Å². The summed E-state index contributed by atoms with van der Waals surface area (Å²) in [6.45, 7) is 7.18. The molecule has 3 nitrogen and oxygen atoms in total. The van der Waals surface area contributed by atoms with Crippen LogP contribution >= 0.6 is 0 Å². The van der Waals surface area contributed by atoms with Crippen LogP contribution in [0.5, 0.6) is 5.75 Å². The van der Waals surface area contributed by atoms with Gasteiger partial charge in [-0.1, -0.05) is 32.0 Å². The van der Waals surface area contributed by atoms with Crippen molar-refractivity contribution in [2.75, 3.05) is 6.54 Å². The molecular weight excluding hydrogens is 214 g/mol. The van der Waals surface area contributed by atoms with Crippen LogP contribution in [0.25, 0.3) is 0 Å². The highest BCUT2D eigenvalue weighted by atomic mass is 16.5. The number of benzene rings is 1. The van der Waals surface area contributed by atoms with Crippen molar-refractivity contribution in [1.82, 2.24) is 4.90 Å². The van der Waals surface area contributed by atoms with Gasteiger partial charge in [-0.05, 0) is 13.0 Å². The molecule has 1 aliphatic heterocycles. The van der Waals surface area contributed by atoms with Gasteiger partial charge >= 0.3 is 0 Å². The van der Waals surface area contributed by atoms with E-state index >= 15 is 0 Å². The second-order valence-electron chi connectivity index (χ2n) is 4.91. The predicted octanol–water partition coefficient (Wildman–Crippen LogP) is 2.45. The first kappa shape index (κ1) is 12.0. The lowest BCUT2D eigenvalue weighted by Gasteiger charge is -2.24. The first-order chi connectivity index (χ1) is 8.08. The number of carbonyl (C=O) groups is 1. The van der Waals surface area contributed by atoms with Gasteiger partial charge in [-0.15, -0.1) is 0 Å². The third-order valence-electron chi connectivity index (χ3n) is 2.95. The first-order valence-electron chi connectivity index (χ1n) is 6.11. The molecule has 92 valence electrons. The van der Waals surface area contributed by atoms with Crippen LogP contribution in [0.3, 0.4) is 0 Å². The molecule has 0 saturated heterocycles. The minimum Gasteiger partial charge on any atom is -0.489 e. The maximum atomic E-state index is 12.1. The Morgan fingerprint density at radius 3 is 2.82 bits per heavy atom. The van der Waals surface area contributed by atoms with Crippen molar-refractivity contribution in [3.63, 3.8) is 0 Å². The van der Waals surface area contributed by atoms with E-state index in [1.807, 2.05) is 49.9 Å². The average molecular weight is 233 g/mol. The van der Waals surface area contributed by atoms with Gasteiger partial charge in [-0.3, -0.25) is 4.79 Å². The largest absolute Gasteiger partial charge is 0.489 e. The van der Waals surface area contributed by atoms with E-state index in [4.69, 9.17) is 4.74 Å². The van der Waals surface area contributed by atoms with Gasteiger partial charge in [-0.2, -0.15) is 0 Å². The lowest BCUT2D eigenvalue weighted by atomic mass is 10.1. The molecule has 0 bridgehead atoms. The molecule has 17 heavy (non-hydrogen) atoms. The van der Waals surface area contributed by atoms with Gasteiger partial charge in [0.2, 0.25) is 5.91 Å². The second kappa shape index (κ2) is 4.78. The minimum atomic E-state index is 0.0347. The molecule has 3 heteroatoms. The Balaban J connectivity index is 2.26. The van der Waals surface area contributed by atoms with Crippen LogP contribution in [-0.2, 0) is 11.3 Å². The number of hydrogen-bond donors (Lipinski definition) is 0. The lowest BCUT2D eigenvalue weighted by Crippen LogP contribution is -2.38. The predicted molar refractivity (Wildman–Crippen MR) is 66.8 cm³/mol. The van der Waals surface area contributed by atoms with Crippen LogP contribution in [0.4, 0.5) is 0 Å². The summed E-state index contributed by atoms with van der Waals surface area (Å²) < 4.78 is 5.82. The molecular formula is C14H19NO2. The van der Waals surface area contributed by atoms with E-state index in [0.717, 1.165) is 11.3 Å². The molecule has 0 spiro atoms. The lowest BCUT2D eigenvalue weighted by molar-refractivity contribution is -0.135. The molecule has 2 rings (SSSR count). The Bertz CT molecular complexity index is 414. The standard InChI is InChI=1S/C14H19NO2/c1-10(2)14(16)15-8-11(3)17-13-7-5-4-6-12(13)9-15/h4-7,10-11H,8-9H2,1-3H3. The van der Waals surface area contributed by atoms with E-state index in [-0.39, 0.29) is 17.9 Å². The Kier molecular flexibility index (Phi) is 3.36. The normalized spacial score (nSPS) is 19.5. The van der Waals surface area contributed by atoms with E-state index < -0.39 is 0 Å². The van der Waals surface area contributed by atoms with E-state index in [9.17, 15) is 4.79 Å². The first-order valence-corrected chi connectivity index (χ1v) is 6.11. The molecule has 0 aromatic heterocycles. The fraction of sp³-hybridized carbons (Fsp3) is 0.500. The maximum Gasteiger partial charge on any atom is 0.225 e. The van der Waals surface area contributed by atoms with Crippen molar-refractivity contribution < 1.29 is 9.53 Å². The smallest absolute Gasteiger partial charge is 0.225 e. The van der Waals surface area contributed by atoms with Gasteiger partial charge in [0, 0.05) is 18.0 Å². The zero-order valence-electron chi connectivity index (χ0n) is 10.6. The van der Waals surface area contributed by atoms with Crippen molar-refractivity contribution in [3.8, 4) is 5.75 Å². The Hall–Kier alpha value is -1.51.